The Morgan fingerprint density at radius 3 is 2.58 bits per heavy atom. The average molecular weight is 267 g/mol. The van der Waals surface area contributed by atoms with Crippen LogP contribution in [0.3, 0.4) is 0 Å². The normalized spacial score (nSPS) is 11.1. The van der Waals surface area contributed by atoms with Gasteiger partial charge < -0.3 is 0 Å². The lowest BCUT2D eigenvalue weighted by Crippen LogP contribution is -1.84. The van der Waals surface area contributed by atoms with Gasteiger partial charge in [-0.25, -0.2) is 0 Å². The minimum Gasteiger partial charge on any atom is -0.122 e. The molecule has 0 saturated heterocycles. The van der Waals surface area contributed by atoms with Gasteiger partial charge in [0.25, 0.3) is 0 Å². The Balaban J connectivity index is 2.37. The van der Waals surface area contributed by atoms with Crippen LogP contribution in [0.5, 0.6) is 0 Å². The van der Waals surface area contributed by atoms with Gasteiger partial charge in [0.1, 0.15) is 0 Å². The first-order valence-corrected chi connectivity index (χ1v) is 6.90. The van der Waals surface area contributed by atoms with Gasteiger partial charge in [0.2, 0.25) is 0 Å². The summed E-state index contributed by atoms with van der Waals surface area (Å²) in [7, 11) is 0. The highest BCUT2D eigenvalue weighted by molar-refractivity contribution is 6.17. The van der Waals surface area contributed by atoms with Gasteiger partial charge >= 0.3 is 0 Å². The molecule has 94 valence electrons. The van der Waals surface area contributed by atoms with E-state index in [1.165, 1.54) is 32.7 Å². The van der Waals surface area contributed by atoms with Crippen molar-refractivity contribution in [1.82, 2.24) is 0 Å². The molecule has 1 heteroatoms. The topological polar surface area (TPSA) is 0 Å². The second kappa shape index (κ2) is 4.71. The number of fused-ring (bicyclic) bond motifs is 2. The molecule has 0 aliphatic heterocycles. The molecular formula is C18H15Cl. The molecule has 0 atom stereocenters. The molecule has 0 nitrogen and oxygen atoms in total. The van der Waals surface area contributed by atoms with Gasteiger partial charge in [0.05, 0.1) is 0 Å². The largest absolute Gasteiger partial charge is 0.122 e. The Morgan fingerprint density at radius 1 is 1.00 bits per heavy atom. The molecule has 0 bridgehead atoms. The molecule has 3 aromatic rings. The molecular weight excluding hydrogens is 252 g/mol. The van der Waals surface area contributed by atoms with Crippen molar-refractivity contribution in [2.24, 2.45) is 0 Å². The van der Waals surface area contributed by atoms with Crippen molar-refractivity contribution in [3.63, 3.8) is 0 Å². The molecule has 0 aromatic heterocycles. The monoisotopic (exact) mass is 266 g/mol. The highest BCUT2D eigenvalue weighted by atomic mass is 35.5. The van der Waals surface area contributed by atoms with E-state index in [4.69, 9.17) is 11.6 Å². The minimum absolute atomic E-state index is 0.558. The molecule has 0 fully saturated rings. The summed E-state index contributed by atoms with van der Waals surface area (Å²) in [5.74, 6) is 0.558. The summed E-state index contributed by atoms with van der Waals surface area (Å²) < 4.78 is 0. The molecule has 3 aromatic carbocycles. The van der Waals surface area contributed by atoms with Crippen molar-refractivity contribution in [3.8, 4) is 0 Å². The molecule has 0 N–H and O–H groups in total. The van der Waals surface area contributed by atoms with Crippen LogP contribution in [-0.4, -0.2) is 0 Å². The number of hydrogen-bond acceptors (Lipinski definition) is 0. The molecule has 0 heterocycles. The Labute approximate surface area is 118 Å². The fourth-order valence-corrected chi connectivity index (χ4v) is 2.74. The summed E-state index contributed by atoms with van der Waals surface area (Å²) in [6.45, 7) is 5.99. The fourth-order valence-electron chi connectivity index (χ4n) is 2.58. The zero-order valence-electron chi connectivity index (χ0n) is 10.9. The zero-order valence-corrected chi connectivity index (χ0v) is 11.7. The van der Waals surface area contributed by atoms with Crippen LogP contribution in [0.2, 0.25) is 0 Å². The van der Waals surface area contributed by atoms with Crippen molar-refractivity contribution in [1.29, 1.82) is 0 Å². The van der Waals surface area contributed by atoms with E-state index < -0.39 is 0 Å². The van der Waals surface area contributed by atoms with Crippen LogP contribution in [0.25, 0.3) is 27.6 Å². The maximum Gasteiger partial charge on any atom is 0.0474 e. The standard InChI is InChI=1S/C18H15Cl/c1-3-13-6-12(2)18-10-16-8-14(11-19)4-5-15(16)9-17(18)7-13/h3-10H,1,11H2,2H3. The number of rotatable bonds is 2. The van der Waals surface area contributed by atoms with Crippen molar-refractivity contribution in [3.05, 3.63) is 65.7 Å². The van der Waals surface area contributed by atoms with Crippen molar-refractivity contribution in [2.45, 2.75) is 12.8 Å². The lowest BCUT2D eigenvalue weighted by Gasteiger charge is -2.08. The van der Waals surface area contributed by atoms with Crippen LogP contribution in [-0.2, 0) is 5.88 Å². The summed E-state index contributed by atoms with van der Waals surface area (Å²) in [4.78, 5) is 0. The summed E-state index contributed by atoms with van der Waals surface area (Å²) >= 11 is 5.91. The lowest BCUT2D eigenvalue weighted by atomic mass is 9.97. The van der Waals surface area contributed by atoms with Gasteiger partial charge in [-0.2, -0.15) is 0 Å². The summed E-state index contributed by atoms with van der Waals surface area (Å²) in [5.41, 5.74) is 3.61. The predicted molar refractivity (Wildman–Crippen MR) is 85.8 cm³/mol. The third kappa shape index (κ3) is 2.13. The smallest absolute Gasteiger partial charge is 0.0474 e. The third-order valence-electron chi connectivity index (χ3n) is 3.59. The van der Waals surface area contributed by atoms with Gasteiger partial charge in [-0.1, -0.05) is 30.9 Å². The Morgan fingerprint density at radius 2 is 1.84 bits per heavy atom. The first-order valence-electron chi connectivity index (χ1n) is 6.37. The number of benzene rings is 3. The van der Waals surface area contributed by atoms with Crippen molar-refractivity contribution >= 4 is 39.2 Å². The SMILES string of the molecule is C=Cc1cc(C)c2cc3cc(CCl)ccc3cc2c1. The lowest BCUT2D eigenvalue weighted by molar-refractivity contribution is 1.43. The van der Waals surface area contributed by atoms with Crippen LogP contribution in [0.4, 0.5) is 0 Å². The second-order valence-corrected chi connectivity index (χ2v) is 5.20. The number of aryl methyl sites for hydroxylation is 1. The van der Waals surface area contributed by atoms with Crippen molar-refractivity contribution < 1.29 is 0 Å². The Hall–Kier alpha value is -1.79. The van der Waals surface area contributed by atoms with Gasteiger partial charge in [-0.15, -0.1) is 11.6 Å². The molecule has 0 spiro atoms. The maximum absolute atomic E-state index is 5.91. The molecule has 0 radical (unpaired) electrons. The summed E-state index contributed by atoms with van der Waals surface area (Å²) in [6.07, 6.45) is 1.90. The van der Waals surface area contributed by atoms with E-state index in [1.807, 2.05) is 6.08 Å². The minimum atomic E-state index is 0.558. The predicted octanol–water partition coefficient (Wildman–Crippen LogP) is 5.68. The molecule has 0 aliphatic rings. The van der Waals surface area contributed by atoms with Crippen LogP contribution in [0, 0.1) is 6.92 Å². The van der Waals surface area contributed by atoms with Crippen LogP contribution in [0.1, 0.15) is 16.7 Å². The summed E-state index contributed by atoms with van der Waals surface area (Å²) in [5, 5.41) is 5.06. The van der Waals surface area contributed by atoms with E-state index in [1.54, 1.807) is 0 Å². The molecule has 0 saturated carbocycles. The Kier molecular flexibility index (Phi) is 3.04. The van der Waals surface area contributed by atoms with Gasteiger partial charge in [-0.3, -0.25) is 0 Å². The fraction of sp³-hybridized carbons (Fsp3) is 0.111. The quantitative estimate of drug-likeness (QED) is 0.413. The molecule has 0 aliphatic carbocycles. The first-order chi connectivity index (χ1) is 9.21. The van der Waals surface area contributed by atoms with E-state index in [0.29, 0.717) is 5.88 Å². The molecule has 0 unspecified atom stereocenters. The zero-order chi connectivity index (χ0) is 13.4. The molecule has 19 heavy (non-hydrogen) atoms. The van der Waals surface area contributed by atoms with Crippen molar-refractivity contribution in [2.75, 3.05) is 0 Å². The maximum atomic E-state index is 5.91. The number of hydrogen-bond donors (Lipinski definition) is 0. The first kappa shape index (κ1) is 12.3. The van der Waals surface area contributed by atoms with Crippen LogP contribution < -0.4 is 0 Å². The summed E-state index contributed by atoms with van der Waals surface area (Å²) in [6, 6.07) is 15.2. The Bertz CT molecular complexity index is 784. The highest BCUT2D eigenvalue weighted by Gasteiger charge is 2.03. The van der Waals surface area contributed by atoms with Crippen LogP contribution >= 0.6 is 11.6 Å². The third-order valence-corrected chi connectivity index (χ3v) is 3.90. The van der Waals surface area contributed by atoms with Gasteiger partial charge in [0.15, 0.2) is 0 Å². The van der Waals surface area contributed by atoms with Crippen LogP contribution in [0.15, 0.2) is 49.0 Å². The van der Waals surface area contributed by atoms with Gasteiger partial charge in [-0.05, 0) is 69.4 Å². The van der Waals surface area contributed by atoms with E-state index >= 15 is 0 Å². The van der Waals surface area contributed by atoms with Gasteiger partial charge in [0, 0.05) is 5.88 Å². The number of alkyl halides is 1. The van der Waals surface area contributed by atoms with E-state index in [-0.39, 0.29) is 0 Å². The van der Waals surface area contributed by atoms with E-state index in [0.717, 1.165) is 5.56 Å². The second-order valence-electron chi connectivity index (χ2n) is 4.93. The molecule has 3 rings (SSSR count). The highest BCUT2D eigenvalue weighted by Crippen LogP contribution is 2.28. The van der Waals surface area contributed by atoms with E-state index in [2.05, 4.69) is 56.0 Å². The molecule has 0 amide bonds. The average Bonchev–Trinajstić information content (AvgIpc) is 2.44. The van der Waals surface area contributed by atoms with E-state index in [9.17, 15) is 0 Å². The number of halogens is 1.